The van der Waals surface area contributed by atoms with E-state index in [1.807, 2.05) is 12.1 Å². The van der Waals surface area contributed by atoms with E-state index in [9.17, 15) is 15.0 Å². The van der Waals surface area contributed by atoms with Crippen molar-refractivity contribution >= 4 is 41.4 Å². The number of hydrogen-bond acceptors (Lipinski definition) is 8. The van der Waals surface area contributed by atoms with Crippen molar-refractivity contribution in [3.63, 3.8) is 0 Å². The van der Waals surface area contributed by atoms with Crippen LogP contribution in [0.2, 0.25) is 5.02 Å². The maximum absolute atomic E-state index is 13.1. The highest BCUT2D eigenvalue weighted by Crippen LogP contribution is 2.30. The molecule has 4 aromatic carbocycles. The Morgan fingerprint density at radius 2 is 0.906 bits per heavy atom. The minimum absolute atomic E-state index is 0.0372. The van der Waals surface area contributed by atoms with Crippen LogP contribution < -0.4 is 14.2 Å². The van der Waals surface area contributed by atoms with Crippen molar-refractivity contribution in [1.29, 1.82) is 0 Å². The third kappa shape index (κ3) is 21.2. The van der Waals surface area contributed by atoms with Crippen LogP contribution in [0, 0.1) is 0 Å². The monoisotopic (exact) mass is 895 g/mol. The van der Waals surface area contributed by atoms with Gasteiger partial charge in [-0.3, -0.25) is 9.98 Å². The predicted octanol–water partition coefficient (Wildman–Crippen LogP) is 16.6. The van der Waals surface area contributed by atoms with Gasteiger partial charge in [-0.05, 0) is 79.6 Å². The van der Waals surface area contributed by atoms with Crippen LogP contribution in [-0.4, -0.2) is 41.8 Å². The first-order chi connectivity index (χ1) is 31.4. The van der Waals surface area contributed by atoms with Crippen LogP contribution in [-0.2, 0) is 0 Å². The standard InChI is InChI=1S/C55H75ClN2O6/c1-3-5-7-9-11-13-15-17-19-21-23-25-37-62-49-32-27-45(53(59)40-49)42-57-47-30-34-48(35-31-47)64-55(61)44-29-36-51(56)52(39-44)58-43-46-28-33-50(41-54(46)60)63-38-26-24-22-20-18-16-14-12-10-8-6-4-2/h27-36,39-43,59-60H,3-26,37-38H2,1-2H3. The normalized spacial score (nSPS) is 11.5. The topological polar surface area (TPSA) is 110 Å². The number of halogens is 1. The van der Waals surface area contributed by atoms with Gasteiger partial charge >= 0.3 is 5.97 Å². The van der Waals surface area contributed by atoms with Gasteiger partial charge in [0.25, 0.3) is 0 Å². The zero-order valence-electron chi connectivity index (χ0n) is 38.8. The number of benzene rings is 4. The van der Waals surface area contributed by atoms with E-state index in [1.54, 1.807) is 72.9 Å². The summed E-state index contributed by atoms with van der Waals surface area (Å²) < 4.78 is 17.4. The van der Waals surface area contributed by atoms with E-state index < -0.39 is 5.97 Å². The molecule has 64 heavy (non-hydrogen) atoms. The second kappa shape index (κ2) is 31.9. The molecule has 0 heterocycles. The molecule has 9 heteroatoms. The Labute approximate surface area is 389 Å². The molecule has 0 amide bonds. The lowest BCUT2D eigenvalue weighted by atomic mass is 10.1. The largest absolute Gasteiger partial charge is 0.507 e. The Morgan fingerprint density at radius 3 is 1.34 bits per heavy atom. The van der Waals surface area contributed by atoms with Crippen LogP contribution in [0.4, 0.5) is 11.4 Å². The Bertz CT molecular complexity index is 1960. The fraction of sp³-hybridized carbons (Fsp3) is 0.509. The minimum Gasteiger partial charge on any atom is -0.507 e. The second-order valence-electron chi connectivity index (χ2n) is 17.0. The highest BCUT2D eigenvalue weighted by molar-refractivity contribution is 6.33. The summed E-state index contributed by atoms with van der Waals surface area (Å²) in [7, 11) is 0. The zero-order chi connectivity index (χ0) is 45.5. The first-order valence-electron chi connectivity index (χ1n) is 24.5. The lowest BCUT2D eigenvalue weighted by Crippen LogP contribution is -2.08. The van der Waals surface area contributed by atoms with E-state index >= 15 is 0 Å². The predicted molar refractivity (Wildman–Crippen MR) is 267 cm³/mol. The summed E-state index contributed by atoms with van der Waals surface area (Å²) in [6.45, 7) is 5.76. The van der Waals surface area contributed by atoms with Gasteiger partial charge in [0, 0.05) is 35.7 Å². The lowest BCUT2D eigenvalue weighted by Gasteiger charge is -2.08. The maximum Gasteiger partial charge on any atom is 0.343 e. The number of aromatic hydroxyl groups is 2. The number of ether oxygens (including phenoxy) is 3. The molecule has 0 unspecified atom stereocenters. The molecule has 8 nitrogen and oxygen atoms in total. The number of carbonyl (C=O) groups is 1. The van der Waals surface area contributed by atoms with Crippen molar-refractivity contribution in [2.24, 2.45) is 9.98 Å². The number of nitrogens with zero attached hydrogens (tertiary/aromatic N) is 2. The molecule has 0 saturated carbocycles. The van der Waals surface area contributed by atoms with E-state index in [4.69, 9.17) is 25.8 Å². The number of aliphatic imine (C=N–C) groups is 2. The summed E-state index contributed by atoms with van der Waals surface area (Å²) in [6.07, 6.45) is 34.1. The van der Waals surface area contributed by atoms with Crippen molar-refractivity contribution in [1.82, 2.24) is 0 Å². The highest BCUT2D eigenvalue weighted by atomic mass is 35.5. The van der Waals surface area contributed by atoms with Gasteiger partial charge in [-0.15, -0.1) is 0 Å². The molecule has 0 aromatic heterocycles. The van der Waals surface area contributed by atoms with E-state index in [2.05, 4.69) is 23.8 Å². The molecule has 348 valence electrons. The first-order valence-corrected chi connectivity index (χ1v) is 24.9. The molecule has 2 N–H and O–H groups in total. The molecule has 0 atom stereocenters. The third-order valence-corrected chi connectivity index (χ3v) is 11.8. The minimum atomic E-state index is -0.576. The highest BCUT2D eigenvalue weighted by Gasteiger charge is 2.12. The summed E-state index contributed by atoms with van der Waals surface area (Å²) in [5.41, 5.74) is 2.30. The molecule has 0 aliphatic rings. The number of unbranched alkanes of at least 4 members (excludes halogenated alkanes) is 22. The maximum atomic E-state index is 13.1. The first kappa shape index (κ1) is 51.8. The Morgan fingerprint density at radius 1 is 0.500 bits per heavy atom. The van der Waals surface area contributed by atoms with Crippen LogP contribution >= 0.6 is 11.6 Å². The van der Waals surface area contributed by atoms with Crippen molar-refractivity contribution in [3.05, 3.63) is 101 Å². The van der Waals surface area contributed by atoms with Crippen molar-refractivity contribution in [2.75, 3.05) is 13.2 Å². The molecular formula is C55H75ClN2O6. The molecule has 0 aliphatic heterocycles. The smallest absolute Gasteiger partial charge is 0.343 e. The summed E-state index contributed by atoms with van der Waals surface area (Å²) in [6, 6.07) is 21.9. The average molecular weight is 896 g/mol. The quantitative estimate of drug-likeness (QED) is 0.0209. The number of rotatable bonds is 34. The Hall–Kier alpha value is -4.82. The second-order valence-corrected chi connectivity index (χ2v) is 17.4. The SMILES string of the molecule is CCCCCCCCCCCCCCOc1ccc(C=Nc2ccc(OC(=O)c3ccc(Cl)c(N=Cc4ccc(OCCCCCCCCCCCCCC)cc4O)c3)cc2)c(O)c1. The number of carbonyl (C=O) groups excluding carboxylic acids is 1. The summed E-state index contributed by atoms with van der Waals surface area (Å²) in [5.74, 6) is 1.14. The van der Waals surface area contributed by atoms with Gasteiger partial charge in [-0.1, -0.05) is 167 Å². The van der Waals surface area contributed by atoms with Crippen molar-refractivity contribution < 1.29 is 29.2 Å². The number of phenolic OH excluding ortho intramolecular Hbond substituents is 2. The summed E-state index contributed by atoms with van der Waals surface area (Å²) in [5, 5.41) is 21.6. The molecule has 0 fully saturated rings. The van der Waals surface area contributed by atoms with E-state index in [-0.39, 0.29) is 17.1 Å². The van der Waals surface area contributed by atoms with Crippen LogP contribution in [0.25, 0.3) is 0 Å². The molecule has 0 radical (unpaired) electrons. The third-order valence-electron chi connectivity index (χ3n) is 11.5. The molecule has 0 bridgehead atoms. The van der Waals surface area contributed by atoms with Crippen LogP contribution in [0.3, 0.4) is 0 Å². The van der Waals surface area contributed by atoms with E-state index in [0.717, 1.165) is 25.7 Å². The van der Waals surface area contributed by atoms with Crippen molar-refractivity contribution in [3.8, 4) is 28.7 Å². The molecular weight excluding hydrogens is 820 g/mol. The molecule has 4 rings (SSSR count). The van der Waals surface area contributed by atoms with Crippen LogP contribution in [0.1, 0.15) is 189 Å². The Kier molecular flexibility index (Phi) is 25.9. The molecule has 4 aromatic rings. The van der Waals surface area contributed by atoms with Crippen molar-refractivity contribution in [2.45, 2.75) is 168 Å². The number of phenols is 2. The van der Waals surface area contributed by atoms with Gasteiger partial charge in [0.1, 0.15) is 28.7 Å². The molecule has 0 aliphatic carbocycles. The molecule has 0 spiro atoms. The average Bonchev–Trinajstić information content (AvgIpc) is 3.29. The van der Waals surface area contributed by atoms with Gasteiger partial charge in [-0.25, -0.2) is 4.79 Å². The summed E-state index contributed by atoms with van der Waals surface area (Å²) >= 11 is 6.43. The van der Waals surface area contributed by atoms with Gasteiger partial charge in [0.15, 0.2) is 0 Å². The van der Waals surface area contributed by atoms with Gasteiger partial charge in [-0.2, -0.15) is 0 Å². The molecule has 0 saturated heterocycles. The number of hydrogen-bond donors (Lipinski definition) is 2. The van der Waals surface area contributed by atoms with Crippen LogP contribution in [0.5, 0.6) is 28.7 Å². The fourth-order valence-corrected chi connectivity index (χ4v) is 7.67. The Balaban J connectivity index is 1.14. The van der Waals surface area contributed by atoms with E-state index in [1.165, 1.54) is 135 Å². The van der Waals surface area contributed by atoms with Crippen LogP contribution in [0.15, 0.2) is 88.8 Å². The lowest BCUT2D eigenvalue weighted by molar-refractivity contribution is 0.0734. The van der Waals surface area contributed by atoms with Gasteiger partial charge in [0.2, 0.25) is 0 Å². The summed E-state index contributed by atoms with van der Waals surface area (Å²) in [4.78, 5) is 22.0. The zero-order valence-corrected chi connectivity index (χ0v) is 39.6. The van der Waals surface area contributed by atoms with Gasteiger partial charge in [0.05, 0.1) is 35.2 Å². The van der Waals surface area contributed by atoms with E-state index in [0.29, 0.717) is 58.0 Å². The fourth-order valence-electron chi connectivity index (χ4n) is 7.50. The number of esters is 1. The van der Waals surface area contributed by atoms with Gasteiger partial charge < -0.3 is 24.4 Å².